The van der Waals surface area contributed by atoms with Gasteiger partial charge in [-0.3, -0.25) is 9.69 Å². The number of hydrogen-bond acceptors (Lipinski definition) is 4. The molecule has 1 saturated heterocycles. The third-order valence-electron chi connectivity index (χ3n) is 3.84. The van der Waals surface area contributed by atoms with Gasteiger partial charge in [0.25, 0.3) is 5.91 Å². The normalized spacial score (nSPS) is 17.5. The molecule has 1 heterocycles. The van der Waals surface area contributed by atoms with Gasteiger partial charge in [-0.25, -0.2) is 0 Å². The Morgan fingerprint density at radius 2 is 2.05 bits per heavy atom. The summed E-state index contributed by atoms with van der Waals surface area (Å²) < 4.78 is 5.27. The summed E-state index contributed by atoms with van der Waals surface area (Å²) in [5.74, 6) is -0.140. The van der Waals surface area contributed by atoms with Gasteiger partial charge in [0.15, 0.2) is 0 Å². The van der Waals surface area contributed by atoms with Crippen molar-refractivity contribution in [3.8, 4) is 0 Å². The topological polar surface area (TPSA) is 61.8 Å². The predicted molar refractivity (Wildman–Crippen MR) is 81.5 cm³/mol. The van der Waals surface area contributed by atoms with Gasteiger partial charge >= 0.3 is 0 Å². The summed E-state index contributed by atoms with van der Waals surface area (Å²) in [6, 6.07) is 5.62. The highest BCUT2D eigenvalue weighted by Crippen LogP contribution is 2.09. The average Bonchev–Trinajstić information content (AvgIpc) is 2.48. The molecule has 21 heavy (non-hydrogen) atoms. The van der Waals surface area contributed by atoms with Crippen LogP contribution in [0.15, 0.2) is 18.2 Å². The summed E-state index contributed by atoms with van der Waals surface area (Å²) in [5.41, 5.74) is 2.90. The number of β-amino-alcohol motifs (C(OH)–C–C–N with tert-alkyl or cyclic N) is 1. The molecule has 0 bridgehead atoms. The second kappa shape index (κ2) is 7.54. The minimum atomic E-state index is -0.557. The summed E-state index contributed by atoms with van der Waals surface area (Å²) in [5, 5.41) is 12.8. The van der Waals surface area contributed by atoms with Crippen molar-refractivity contribution in [1.29, 1.82) is 0 Å². The van der Waals surface area contributed by atoms with Gasteiger partial charge < -0.3 is 15.2 Å². The highest BCUT2D eigenvalue weighted by molar-refractivity contribution is 5.94. The lowest BCUT2D eigenvalue weighted by molar-refractivity contribution is 0.0149. The predicted octanol–water partition coefficient (Wildman–Crippen LogP) is 0.726. The van der Waals surface area contributed by atoms with Crippen LogP contribution in [0.3, 0.4) is 0 Å². The molecule has 0 saturated carbocycles. The van der Waals surface area contributed by atoms with E-state index in [0.717, 1.165) is 18.7 Å². The molecule has 1 fully saturated rings. The monoisotopic (exact) mass is 292 g/mol. The lowest BCUT2D eigenvalue weighted by atomic mass is 10.1. The number of benzene rings is 1. The molecule has 1 atom stereocenters. The SMILES string of the molecule is Cc1ccc(C(=O)NCC(O)CN2CCOCC2)cc1C. The van der Waals surface area contributed by atoms with E-state index >= 15 is 0 Å². The van der Waals surface area contributed by atoms with E-state index < -0.39 is 6.10 Å². The Kier molecular flexibility index (Phi) is 5.73. The van der Waals surface area contributed by atoms with E-state index in [2.05, 4.69) is 10.2 Å². The molecule has 5 nitrogen and oxygen atoms in total. The fourth-order valence-corrected chi connectivity index (χ4v) is 2.34. The number of aliphatic hydroxyl groups excluding tert-OH is 1. The molecule has 1 amide bonds. The number of nitrogens with zero attached hydrogens (tertiary/aromatic N) is 1. The van der Waals surface area contributed by atoms with Crippen LogP contribution in [0, 0.1) is 13.8 Å². The van der Waals surface area contributed by atoms with Crippen molar-refractivity contribution >= 4 is 5.91 Å². The molecule has 1 aliphatic heterocycles. The molecule has 0 aromatic heterocycles. The number of aliphatic hydroxyl groups is 1. The van der Waals surface area contributed by atoms with Crippen LogP contribution in [0.4, 0.5) is 0 Å². The molecular weight excluding hydrogens is 268 g/mol. The van der Waals surface area contributed by atoms with Crippen molar-refractivity contribution in [1.82, 2.24) is 10.2 Å². The maximum Gasteiger partial charge on any atom is 0.251 e. The van der Waals surface area contributed by atoms with E-state index in [1.807, 2.05) is 32.0 Å². The van der Waals surface area contributed by atoms with Gasteiger partial charge in [0, 0.05) is 31.7 Å². The fourth-order valence-electron chi connectivity index (χ4n) is 2.34. The van der Waals surface area contributed by atoms with Crippen molar-refractivity contribution in [2.24, 2.45) is 0 Å². The number of carbonyl (C=O) groups is 1. The summed E-state index contributed by atoms with van der Waals surface area (Å²) in [6.07, 6.45) is -0.557. The molecule has 0 aliphatic carbocycles. The Bertz CT molecular complexity index is 484. The molecular formula is C16H24N2O3. The first-order chi connectivity index (χ1) is 10.1. The van der Waals surface area contributed by atoms with Crippen molar-refractivity contribution in [2.45, 2.75) is 20.0 Å². The summed E-state index contributed by atoms with van der Waals surface area (Å²) >= 11 is 0. The smallest absolute Gasteiger partial charge is 0.251 e. The van der Waals surface area contributed by atoms with E-state index in [1.54, 1.807) is 0 Å². The Balaban J connectivity index is 1.78. The van der Waals surface area contributed by atoms with E-state index in [-0.39, 0.29) is 12.5 Å². The molecule has 1 aromatic rings. The molecule has 0 spiro atoms. The second-order valence-electron chi connectivity index (χ2n) is 5.58. The Hall–Kier alpha value is -1.43. The standard InChI is InChI=1S/C16H24N2O3/c1-12-3-4-14(9-13(12)2)16(20)17-10-15(19)11-18-5-7-21-8-6-18/h3-4,9,15,19H,5-8,10-11H2,1-2H3,(H,17,20). The number of morpholine rings is 1. The van der Waals surface area contributed by atoms with E-state index in [1.165, 1.54) is 5.56 Å². The molecule has 1 unspecified atom stereocenters. The van der Waals surface area contributed by atoms with Crippen molar-refractivity contribution < 1.29 is 14.6 Å². The number of ether oxygens (including phenoxy) is 1. The zero-order valence-corrected chi connectivity index (χ0v) is 12.8. The van der Waals surface area contributed by atoms with Crippen molar-refractivity contribution in [3.63, 3.8) is 0 Å². The van der Waals surface area contributed by atoms with Gasteiger partial charge in [-0.05, 0) is 37.1 Å². The van der Waals surface area contributed by atoms with Gasteiger partial charge in [-0.1, -0.05) is 6.07 Å². The van der Waals surface area contributed by atoms with Crippen molar-refractivity contribution in [2.75, 3.05) is 39.4 Å². The number of rotatable bonds is 5. The Labute approximate surface area is 125 Å². The number of carbonyl (C=O) groups excluding carboxylic acids is 1. The lowest BCUT2D eigenvalue weighted by Gasteiger charge is -2.28. The maximum atomic E-state index is 12.0. The van der Waals surface area contributed by atoms with Crippen LogP contribution < -0.4 is 5.32 Å². The fraction of sp³-hybridized carbons (Fsp3) is 0.562. The first-order valence-electron chi connectivity index (χ1n) is 7.40. The third-order valence-corrected chi connectivity index (χ3v) is 3.84. The summed E-state index contributed by atoms with van der Waals surface area (Å²) in [4.78, 5) is 14.2. The Morgan fingerprint density at radius 1 is 1.33 bits per heavy atom. The van der Waals surface area contributed by atoms with Crippen LogP contribution in [0.1, 0.15) is 21.5 Å². The van der Waals surface area contributed by atoms with Crippen LogP contribution in [-0.2, 0) is 4.74 Å². The maximum absolute atomic E-state index is 12.0. The van der Waals surface area contributed by atoms with Gasteiger partial charge in [-0.15, -0.1) is 0 Å². The van der Waals surface area contributed by atoms with Gasteiger partial charge in [-0.2, -0.15) is 0 Å². The summed E-state index contributed by atoms with van der Waals surface area (Å²) in [6.45, 7) is 7.93. The average molecular weight is 292 g/mol. The Morgan fingerprint density at radius 3 is 2.71 bits per heavy atom. The zero-order chi connectivity index (χ0) is 15.2. The molecule has 1 aromatic carbocycles. The van der Waals surface area contributed by atoms with Crippen LogP contribution in [0.2, 0.25) is 0 Å². The van der Waals surface area contributed by atoms with E-state index in [9.17, 15) is 9.90 Å². The van der Waals surface area contributed by atoms with Gasteiger partial charge in [0.05, 0.1) is 19.3 Å². The van der Waals surface area contributed by atoms with Crippen LogP contribution in [-0.4, -0.2) is 61.4 Å². The van der Waals surface area contributed by atoms with Crippen LogP contribution in [0.5, 0.6) is 0 Å². The molecule has 1 aliphatic rings. The van der Waals surface area contributed by atoms with E-state index in [0.29, 0.717) is 25.3 Å². The zero-order valence-electron chi connectivity index (χ0n) is 12.8. The van der Waals surface area contributed by atoms with Gasteiger partial charge in [0.2, 0.25) is 0 Å². The minimum Gasteiger partial charge on any atom is -0.390 e. The first-order valence-corrected chi connectivity index (χ1v) is 7.40. The lowest BCUT2D eigenvalue weighted by Crippen LogP contribution is -2.44. The largest absolute Gasteiger partial charge is 0.390 e. The summed E-state index contributed by atoms with van der Waals surface area (Å²) in [7, 11) is 0. The number of aryl methyl sites for hydroxylation is 2. The van der Waals surface area contributed by atoms with Gasteiger partial charge in [0.1, 0.15) is 0 Å². The number of amides is 1. The van der Waals surface area contributed by atoms with Crippen LogP contribution >= 0.6 is 0 Å². The number of nitrogens with one attached hydrogen (secondary N) is 1. The molecule has 2 rings (SSSR count). The van der Waals surface area contributed by atoms with Crippen molar-refractivity contribution in [3.05, 3.63) is 34.9 Å². The third kappa shape index (κ3) is 4.81. The highest BCUT2D eigenvalue weighted by atomic mass is 16.5. The molecule has 116 valence electrons. The molecule has 0 radical (unpaired) electrons. The minimum absolute atomic E-state index is 0.140. The quantitative estimate of drug-likeness (QED) is 0.840. The van der Waals surface area contributed by atoms with Crippen LogP contribution in [0.25, 0.3) is 0 Å². The van der Waals surface area contributed by atoms with E-state index in [4.69, 9.17) is 4.74 Å². The highest BCUT2D eigenvalue weighted by Gasteiger charge is 2.16. The second-order valence-corrected chi connectivity index (χ2v) is 5.58. The molecule has 5 heteroatoms. The number of hydrogen-bond donors (Lipinski definition) is 2. The molecule has 2 N–H and O–H groups in total. The first kappa shape index (κ1) is 15.9.